The topological polar surface area (TPSA) is 0 Å². The molecule has 0 atom stereocenters. The Hall–Kier alpha value is -1.70. The van der Waals surface area contributed by atoms with Crippen LogP contribution in [0.5, 0.6) is 0 Å². The van der Waals surface area contributed by atoms with E-state index < -0.39 is 11.6 Å². The van der Waals surface area contributed by atoms with E-state index in [9.17, 15) is 8.78 Å². The second kappa shape index (κ2) is 4.44. The number of halogens is 2. The van der Waals surface area contributed by atoms with E-state index in [2.05, 4.69) is 0 Å². The summed E-state index contributed by atoms with van der Waals surface area (Å²) in [6, 6.07) is 12.0. The Kier molecular flexibility index (Phi) is 3.00. The van der Waals surface area contributed by atoms with Crippen molar-refractivity contribution in [3.63, 3.8) is 0 Å². The van der Waals surface area contributed by atoms with E-state index in [1.807, 2.05) is 31.2 Å². The standard InChI is InChI=1S/C14H12F2/c1-10-5-2-3-6-11(10)9-12-7-4-8-13(15)14(12)16/h2-8H,9H2,1H3. The minimum absolute atomic E-state index is 0.398. The van der Waals surface area contributed by atoms with Crippen molar-refractivity contribution in [2.24, 2.45) is 0 Å². The Morgan fingerprint density at radius 1 is 0.875 bits per heavy atom. The van der Waals surface area contributed by atoms with Gasteiger partial charge in [0.25, 0.3) is 0 Å². The zero-order valence-electron chi connectivity index (χ0n) is 9.00. The first-order valence-electron chi connectivity index (χ1n) is 5.16. The highest BCUT2D eigenvalue weighted by molar-refractivity contribution is 5.32. The summed E-state index contributed by atoms with van der Waals surface area (Å²) >= 11 is 0. The summed E-state index contributed by atoms with van der Waals surface area (Å²) in [5.41, 5.74) is 2.51. The first kappa shape index (κ1) is 10.8. The van der Waals surface area contributed by atoms with Crippen molar-refractivity contribution < 1.29 is 8.78 Å². The van der Waals surface area contributed by atoms with Crippen LogP contribution < -0.4 is 0 Å². The molecular formula is C14H12F2. The molecule has 2 aromatic carbocycles. The summed E-state index contributed by atoms with van der Waals surface area (Å²) in [6.07, 6.45) is 0.427. The van der Waals surface area contributed by atoms with E-state index in [1.54, 1.807) is 6.07 Å². The molecule has 0 heterocycles. The SMILES string of the molecule is Cc1ccccc1Cc1cccc(F)c1F. The maximum absolute atomic E-state index is 13.4. The van der Waals surface area contributed by atoms with Gasteiger partial charge in [0.2, 0.25) is 0 Å². The molecule has 2 heteroatoms. The highest BCUT2D eigenvalue weighted by Crippen LogP contribution is 2.17. The van der Waals surface area contributed by atoms with Gasteiger partial charge in [-0.3, -0.25) is 0 Å². The van der Waals surface area contributed by atoms with Crippen molar-refractivity contribution in [3.05, 3.63) is 70.8 Å². The van der Waals surface area contributed by atoms with Crippen LogP contribution in [0.1, 0.15) is 16.7 Å². The van der Waals surface area contributed by atoms with Gasteiger partial charge in [0.15, 0.2) is 11.6 Å². The molecule has 0 saturated carbocycles. The third-order valence-corrected chi connectivity index (χ3v) is 2.67. The molecule has 0 radical (unpaired) electrons. The number of aryl methyl sites for hydroxylation is 1. The molecule has 0 bridgehead atoms. The highest BCUT2D eigenvalue weighted by atomic mass is 19.2. The van der Waals surface area contributed by atoms with Gasteiger partial charge in [0, 0.05) is 6.42 Å². The van der Waals surface area contributed by atoms with Gasteiger partial charge in [-0.25, -0.2) is 8.78 Å². The van der Waals surface area contributed by atoms with Gasteiger partial charge in [-0.2, -0.15) is 0 Å². The lowest BCUT2D eigenvalue weighted by Crippen LogP contribution is -1.97. The van der Waals surface area contributed by atoms with Crippen LogP contribution in [0.3, 0.4) is 0 Å². The quantitative estimate of drug-likeness (QED) is 0.718. The van der Waals surface area contributed by atoms with Gasteiger partial charge in [-0.1, -0.05) is 36.4 Å². The van der Waals surface area contributed by atoms with Crippen LogP contribution in [-0.2, 0) is 6.42 Å². The monoisotopic (exact) mass is 218 g/mol. The minimum Gasteiger partial charge on any atom is -0.204 e. The summed E-state index contributed by atoms with van der Waals surface area (Å²) < 4.78 is 26.5. The number of benzene rings is 2. The van der Waals surface area contributed by atoms with Crippen molar-refractivity contribution in [2.45, 2.75) is 13.3 Å². The van der Waals surface area contributed by atoms with Crippen LogP contribution in [0.25, 0.3) is 0 Å². The van der Waals surface area contributed by atoms with Crippen molar-refractivity contribution in [3.8, 4) is 0 Å². The van der Waals surface area contributed by atoms with E-state index in [0.717, 1.165) is 17.2 Å². The average Bonchev–Trinajstić information content (AvgIpc) is 2.28. The summed E-state index contributed by atoms with van der Waals surface area (Å²) in [7, 11) is 0. The molecule has 0 aliphatic carbocycles. The lowest BCUT2D eigenvalue weighted by atomic mass is 10.0. The number of rotatable bonds is 2. The maximum Gasteiger partial charge on any atom is 0.162 e. The van der Waals surface area contributed by atoms with E-state index in [4.69, 9.17) is 0 Å². The third-order valence-electron chi connectivity index (χ3n) is 2.67. The van der Waals surface area contributed by atoms with Gasteiger partial charge in [0.1, 0.15) is 0 Å². The Morgan fingerprint density at radius 3 is 2.31 bits per heavy atom. The zero-order chi connectivity index (χ0) is 11.5. The molecule has 82 valence electrons. The van der Waals surface area contributed by atoms with Gasteiger partial charge < -0.3 is 0 Å². The molecule has 2 rings (SSSR count). The molecule has 0 saturated heterocycles. The predicted octanol–water partition coefficient (Wildman–Crippen LogP) is 3.86. The first-order chi connectivity index (χ1) is 7.68. The van der Waals surface area contributed by atoms with Crippen LogP contribution in [-0.4, -0.2) is 0 Å². The van der Waals surface area contributed by atoms with Gasteiger partial charge >= 0.3 is 0 Å². The molecule has 0 spiro atoms. The van der Waals surface area contributed by atoms with Gasteiger partial charge in [-0.05, 0) is 29.7 Å². The number of hydrogen-bond donors (Lipinski definition) is 0. The van der Waals surface area contributed by atoms with Gasteiger partial charge in [0.05, 0.1) is 0 Å². The first-order valence-corrected chi connectivity index (χ1v) is 5.16. The molecule has 0 N–H and O–H groups in total. The van der Waals surface area contributed by atoms with Crippen LogP contribution in [0.15, 0.2) is 42.5 Å². The summed E-state index contributed by atoms with van der Waals surface area (Å²) in [5, 5.41) is 0. The molecule has 0 fully saturated rings. The fourth-order valence-electron chi connectivity index (χ4n) is 1.70. The van der Waals surface area contributed by atoms with Crippen LogP contribution >= 0.6 is 0 Å². The minimum atomic E-state index is -0.786. The third kappa shape index (κ3) is 2.11. The largest absolute Gasteiger partial charge is 0.204 e. The molecule has 0 aliphatic heterocycles. The molecule has 0 aromatic heterocycles. The smallest absolute Gasteiger partial charge is 0.162 e. The lowest BCUT2D eigenvalue weighted by Gasteiger charge is -2.06. The molecule has 0 unspecified atom stereocenters. The summed E-state index contributed by atoms with van der Waals surface area (Å²) in [4.78, 5) is 0. The zero-order valence-corrected chi connectivity index (χ0v) is 9.00. The molecular weight excluding hydrogens is 206 g/mol. The maximum atomic E-state index is 13.4. The predicted molar refractivity (Wildman–Crippen MR) is 60.3 cm³/mol. The number of hydrogen-bond acceptors (Lipinski definition) is 0. The average molecular weight is 218 g/mol. The molecule has 0 aliphatic rings. The fraction of sp³-hybridized carbons (Fsp3) is 0.143. The fourth-order valence-corrected chi connectivity index (χ4v) is 1.70. The van der Waals surface area contributed by atoms with E-state index in [0.29, 0.717) is 12.0 Å². The summed E-state index contributed by atoms with van der Waals surface area (Å²) in [6.45, 7) is 1.96. The lowest BCUT2D eigenvalue weighted by molar-refractivity contribution is 0.500. The highest BCUT2D eigenvalue weighted by Gasteiger charge is 2.08. The van der Waals surface area contributed by atoms with Crippen LogP contribution in [0, 0.1) is 18.6 Å². The molecule has 16 heavy (non-hydrogen) atoms. The van der Waals surface area contributed by atoms with E-state index in [1.165, 1.54) is 6.07 Å². The molecule has 0 amide bonds. The second-order valence-corrected chi connectivity index (χ2v) is 3.82. The van der Waals surface area contributed by atoms with Gasteiger partial charge in [-0.15, -0.1) is 0 Å². The Bertz CT molecular complexity index is 504. The van der Waals surface area contributed by atoms with Crippen molar-refractivity contribution in [1.82, 2.24) is 0 Å². The Labute approximate surface area is 93.5 Å². The Morgan fingerprint density at radius 2 is 1.56 bits per heavy atom. The van der Waals surface area contributed by atoms with Crippen LogP contribution in [0.4, 0.5) is 8.78 Å². The van der Waals surface area contributed by atoms with Crippen molar-refractivity contribution in [2.75, 3.05) is 0 Å². The molecule has 0 nitrogen and oxygen atoms in total. The van der Waals surface area contributed by atoms with Crippen molar-refractivity contribution in [1.29, 1.82) is 0 Å². The second-order valence-electron chi connectivity index (χ2n) is 3.82. The molecule has 2 aromatic rings. The summed E-state index contributed by atoms with van der Waals surface area (Å²) in [5.74, 6) is -1.53. The normalized spacial score (nSPS) is 10.4. The van der Waals surface area contributed by atoms with Crippen LogP contribution in [0.2, 0.25) is 0 Å². The van der Waals surface area contributed by atoms with Crippen molar-refractivity contribution >= 4 is 0 Å². The van der Waals surface area contributed by atoms with E-state index in [-0.39, 0.29) is 0 Å². The van der Waals surface area contributed by atoms with E-state index >= 15 is 0 Å². The Balaban J connectivity index is 2.35.